The molecule has 0 aliphatic carbocycles. The molecule has 11 rings (SSSR count). The van der Waals surface area contributed by atoms with E-state index in [0.717, 1.165) is 11.4 Å². The molecule has 2 aliphatic heterocycles. The minimum Gasteiger partial charge on any atom is -0.310 e. The molecule has 56 heavy (non-hydrogen) atoms. The molecule has 0 amide bonds. The first-order chi connectivity index (χ1) is 26.9. The Morgan fingerprint density at radius 1 is 0.446 bits per heavy atom. The standard InChI is InChI=1S/C54H46N2/c1-52(2,3)38-24-27-39(28-25-38)55(48-20-10-14-33-13-8-9-15-41(33)48)40-26-23-34-29-35(21-22-36(34)30-40)37-31-43-42-16-11-17-44-49(42)56-50(43)47(32-37)54(6,7)46-19-12-18-45(51(46)56)53(44,4)5/h8-32H,1-7H3. The van der Waals surface area contributed by atoms with Crippen LogP contribution in [0.3, 0.4) is 0 Å². The highest BCUT2D eigenvalue weighted by Crippen LogP contribution is 2.56. The lowest BCUT2D eigenvalue weighted by Gasteiger charge is -2.42. The second-order valence-corrected chi connectivity index (χ2v) is 18.3. The third kappa shape index (κ3) is 4.50. The number of para-hydroxylation sites is 2. The maximum Gasteiger partial charge on any atom is 0.0582 e. The Morgan fingerprint density at radius 2 is 1.05 bits per heavy atom. The smallest absolute Gasteiger partial charge is 0.0582 e. The van der Waals surface area contributed by atoms with Crippen molar-refractivity contribution < 1.29 is 0 Å². The minimum absolute atomic E-state index is 0.0814. The van der Waals surface area contributed by atoms with Gasteiger partial charge in [0.2, 0.25) is 0 Å². The van der Waals surface area contributed by atoms with Gasteiger partial charge in [0.1, 0.15) is 0 Å². The van der Waals surface area contributed by atoms with E-state index in [1.54, 1.807) is 0 Å². The number of anilines is 3. The van der Waals surface area contributed by atoms with Gasteiger partial charge in [0.25, 0.3) is 0 Å². The molecule has 2 heteroatoms. The Morgan fingerprint density at radius 3 is 1.84 bits per heavy atom. The highest BCUT2D eigenvalue weighted by Gasteiger charge is 2.43. The molecule has 2 aliphatic rings. The fourth-order valence-corrected chi connectivity index (χ4v) is 10.1. The topological polar surface area (TPSA) is 8.17 Å². The van der Waals surface area contributed by atoms with E-state index in [-0.39, 0.29) is 16.2 Å². The van der Waals surface area contributed by atoms with E-state index in [0.29, 0.717) is 0 Å². The summed E-state index contributed by atoms with van der Waals surface area (Å²) in [4.78, 5) is 2.42. The van der Waals surface area contributed by atoms with Crippen molar-refractivity contribution in [1.29, 1.82) is 0 Å². The van der Waals surface area contributed by atoms with Gasteiger partial charge in [-0.25, -0.2) is 0 Å². The van der Waals surface area contributed by atoms with Crippen molar-refractivity contribution in [3.8, 4) is 16.8 Å². The first-order valence-electron chi connectivity index (χ1n) is 20.1. The van der Waals surface area contributed by atoms with Crippen LogP contribution in [0.4, 0.5) is 17.1 Å². The molecule has 0 spiro atoms. The Labute approximate surface area is 329 Å². The summed E-state index contributed by atoms with van der Waals surface area (Å²) in [5.74, 6) is 0. The molecule has 0 bridgehead atoms. The van der Waals surface area contributed by atoms with E-state index in [4.69, 9.17) is 0 Å². The van der Waals surface area contributed by atoms with E-state index in [1.807, 2.05) is 0 Å². The summed E-state index contributed by atoms with van der Waals surface area (Å²) in [6, 6.07) is 57.3. The molecule has 0 fully saturated rings. The summed E-state index contributed by atoms with van der Waals surface area (Å²) in [5, 5.41) is 7.62. The first kappa shape index (κ1) is 33.2. The largest absolute Gasteiger partial charge is 0.310 e. The quantitative estimate of drug-likeness (QED) is 0.176. The predicted octanol–water partition coefficient (Wildman–Crippen LogP) is 14.8. The van der Waals surface area contributed by atoms with Crippen LogP contribution in [0.15, 0.2) is 152 Å². The van der Waals surface area contributed by atoms with Gasteiger partial charge in [-0.15, -0.1) is 0 Å². The molecular formula is C54H46N2. The molecule has 0 unspecified atom stereocenters. The number of hydrogen-bond donors (Lipinski definition) is 0. The lowest BCUT2D eigenvalue weighted by molar-refractivity contribution is 0.590. The van der Waals surface area contributed by atoms with Crippen LogP contribution in [0.25, 0.3) is 60.2 Å². The molecule has 0 saturated carbocycles. The monoisotopic (exact) mass is 722 g/mol. The van der Waals surface area contributed by atoms with Gasteiger partial charge in [0, 0.05) is 38.4 Å². The molecule has 272 valence electrons. The third-order valence-electron chi connectivity index (χ3n) is 13.3. The summed E-state index contributed by atoms with van der Waals surface area (Å²) in [5.41, 5.74) is 16.9. The fraction of sp³-hybridized carbons (Fsp3) is 0.185. The van der Waals surface area contributed by atoms with Crippen LogP contribution in [0.5, 0.6) is 0 Å². The predicted molar refractivity (Wildman–Crippen MR) is 239 cm³/mol. The highest BCUT2D eigenvalue weighted by molar-refractivity contribution is 6.15. The molecule has 0 N–H and O–H groups in total. The molecule has 0 atom stereocenters. The lowest BCUT2D eigenvalue weighted by Crippen LogP contribution is -2.33. The normalized spacial score (nSPS) is 15.0. The van der Waals surface area contributed by atoms with E-state index < -0.39 is 0 Å². The molecule has 0 radical (unpaired) electrons. The Balaban J connectivity index is 1.08. The van der Waals surface area contributed by atoms with Crippen LogP contribution in [0.2, 0.25) is 0 Å². The second-order valence-electron chi connectivity index (χ2n) is 18.3. The first-order valence-corrected chi connectivity index (χ1v) is 20.1. The molecule has 3 heterocycles. The van der Waals surface area contributed by atoms with Gasteiger partial charge < -0.3 is 9.47 Å². The number of benzene rings is 8. The van der Waals surface area contributed by atoms with E-state index >= 15 is 0 Å². The third-order valence-corrected chi connectivity index (χ3v) is 13.3. The Kier molecular flexibility index (Phi) is 6.67. The number of nitrogens with zero attached hydrogens (tertiary/aromatic N) is 2. The molecule has 2 nitrogen and oxygen atoms in total. The Hall–Kier alpha value is -6.12. The maximum atomic E-state index is 2.61. The number of aromatic nitrogens is 1. The van der Waals surface area contributed by atoms with E-state index in [1.165, 1.54) is 93.7 Å². The SMILES string of the molecule is CC(C)(C)c1ccc(N(c2ccc3cc(-c4cc5c6c(c4)c4cccc7c4n6-c4c(cccc4C5(C)C)C7(C)C)ccc3c2)c2cccc3ccccc23)cc1. The van der Waals surface area contributed by atoms with Crippen LogP contribution in [0.1, 0.15) is 76.3 Å². The van der Waals surface area contributed by atoms with Crippen molar-refractivity contribution >= 4 is 60.4 Å². The van der Waals surface area contributed by atoms with Crippen molar-refractivity contribution in [3.05, 3.63) is 179 Å². The number of hydrogen-bond acceptors (Lipinski definition) is 1. The van der Waals surface area contributed by atoms with Crippen LogP contribution in [-0.2, 0) is 16.2 Å². The summed E-state index contributed by atoms with van der Waals surface area (Å²) in [6.07, 6.45) is 0. The van der Waals surface area contributed by atoms with Crippen LogP contribution >= 0.6 is 0 Å². The molecule has 9 aromatic rings. The summed E-state index contributed by atoms with van der Waals surface area (Å²) in [7, 11) is 0. The van der Waals surface area contributed by atoms with E-state index in [9.17, 15) is 0 Å². The summed E-state index contributed by atoms with van der Waals surface area (Å²) < 4.78 is 2.61. The average Bonchev–Trinajstić information content (AvgIpc) is 3.53. The molecule has 0 saturated heterocycles. The maximum absolute atomic E-state index is 2.61. The molecule has 8 aromatic carbocycles. The fourth-order valence-electron chi connectivity index (χ4n) is 10.1. The van der Waals surface area contributed by atoms with Gasteiger partial charge in [0.05, 0.1) is 22.4 Å². The van der Waals surface area contributed by atoms with Crippen molar-refractivity contribution in [1.82, 2.24) is 4.57 Å². The summed E-state index contributed by atoms with van der Waals surface area (Å²) in [6.45, 7) is 16.5. The van der Waals surface area contributed by atoms with Crippen molar-refractivity contribution in [2.45, 2.75) is 64.7 Å². The molecular weight excluding hydrogens is 677 g/mol. The number of fused-ring (bicyclic) bond motifs is 3. The van der Waals surface area contributed by atoms with Crippen LogP contribution < -0.4 is 4.90 Å². The number of rotatable bonds is 4. The second kappa shape index (κ2) is 11.2. The van der Waals surface area contributed by atoms with Gasteiger partial charge in [-0.2, -0.15) is 0 Å². The minimum atomic E-state index is -0.153. The van der Waals surface area contributed by atoms with E-state index in [2.05, 4.69) is 210 Å². The zero-order valence-corrected chi connectivity index (χ0v) is 33.3. The zero-order chi connectivity index (χ0) is 38.3. The van der Waals surface area contributed by atoms with Crippen LogP contribution in [-0.4, -0.2) is 4.57 Å². The highest BCUT2D eigenvalue weighted by atomic mass is 15.1. The van der Waals surface area contributed by atoms with Gasteiger partial charge in [0.15, 0.2) is 0 Å². The van der Waals surface area contributed by atoms with Crippen molar-refractivity contribution in [2.75, 3.05) is 4.90 Å². The average molecular weight is 723 g/mol. The molecule has 1 aromatic heterocycles. The van der Waals surface area contributed by atoms with Gasteiger partial charge in [-0.1, -0.05) is 152 Å². The van der Waals surface area contributed by atoms with Crippen LogP contribution in [0, 0.1) is 0 Å². The lowest BCUT2D eigenvalue weighted by atomic mass is 9.68. The summed E-state index contributed by atoms with van der Waals surface area (Å²) >= 11 is 0. The van der Waals surface area contributed by atoms with Gasteiger partial charge >= 0.3 is 0 Å². The van der Waals surface area contributed by atoms with Gasteiger partial charge in [-0.05, 0) is 109 Å². The van der Waals surface area contributed by atoms with Crippen molar-refractivity contribution in [2.24, 2.45) is 0 Å². The Bertz CT molecular complexity index is 3100. The van der Waals surface area contributed by atoms with Crippen molar-refractivity contribution in [3.63, 3.8) is 0 Å². The van der Waals surface area contributed by atoms with Gasteiger partial charge in [-0.3, -0.25) is 0 Å². The zero-order valence-electron chi connectivity index (χ0n) is 33.3.